The summed E-state index contributed by atoms with van der Waals surface area (Å²) in [6, 6.07) is 17.8. The van der Waals surface area contributed by atoms with E-state index >= 15 is 0 Å². The topological polar surface area (TPSA) is 138 Å². The number of ether oxygens (including phenoxy) is 4. The van der Waals surface area contributed by atoms with Crippen LogP contribution in [0.2, 0.25) is 0 Å². The Bertz CT molecular complexity index is 1550. The molecule has 0 saturated heterocycles. The molecule has 0 spiro atoms. The molecule has 2 aliphatic heterocycles. The van der Waals surface area contributed by atoms with Crippen LogP contribution in [0, 0.1) is 0 Å². The van der Waals surface area contributed by atoms with E-state index in [0.29, 0.717) is 23.6 Å². The van der Waals surface area contributed by atoms with Gasteiger partial charge in [-0.1, -0.05) is 30.3 Å². The van der Waals surface area contributed by atoms with Crippen molar-refractivity contribution in [2.75, 3.05) is 31.2 Å². The molecular weight excluding hydrogens is 528 g/mol. The molecule has 5 rings (SSSR count). The van der Waals surface area contributed by atoms with Gasteiger partial charge < -0.3 is 18.9 Å². The molecule has 0 fully saturated rings. The number of nitrogens with one attached hydrogen (secondary N) is 1. The van der Waals surface area contributed by atoms with E-state index < -0.39 is 40.5 Å². The second-order valence-electron chi connectivity index (χ2n) is 8.67. The van der Waals surface area contributed by atoms with Gasteiger partial charge in [0.2, 0.25) is 6.10 Å². The van der Waals surface area contributed by atoms with Crippen molar-refractivity contribution in [3.8, 4) is 17.2 Å². The number of sulfonamides is 1. The van der Waals surface area contributed by atoms with Crippen molar-refractivity contribution >= 4 is 33.5 Å². The summed E-state index contributed by atoms with van der Waals surface area (Å²) in [5, 5.41) is 2.10. The Morgan fingerprint density at radius 1 is 1.03 bits per heavy atom. The quantitative estimate of drug-likeness (QED) is 0.437. The van der Waals surface area contributed by atoms with E-state index in [9.17, 15) is 22.8 Å². The number of imide groups is 1. The van der Waals surface area contributed by atoms with Gasteiger partial charge in [0.05, 0.1) is 17.7 Å². The first-order valence-electron chi connectivity index (χ1n) is 12.0. The van der Waals surface area contributed by atoms with Gasteiger partial charge in [0.15, 0.2) is 18.1 Å². The molecular formula is C27H24N2O9S. The van der Waals surface area contributed by atoms with Crippen LogP contribution >= 0.6 is 0 Å². The highest BCUT2D eigenvalue weighted by molar-refractivity contribution is 7.92. The molecule has 39 heavy (non-hydrogen) atoms. The van der Waals surface area contributed by atoms with E-state index in [1.54, 1.807) is 36.4 Å². The highest BCUT2D eigenvalue weighted by atomic mass is 32.2. The molecule has 0 radical (unpaired) electrons. The molecule has 1 N–H and O–H groups in total. The van der Waals surface area contributed by atoms with Gasteiger partial charge in [0, 0.05) is 6.54 Å². The van der Waals surface area contributed by atoms with Gasteiger partial charge in [-0.15, -0.1) is 0 Å². The number of anilines is 1. The molecule has 12 heteroatoms. The summed E-state index contributed by atoms with van der Waals surface area (Å²) in [6.45, 7) is -0.632. The minimum atomic E-state index is -3.99. The van der Waals surface area contributed by atoms with Gasteiger partial charge in [0.1, 0.15) is 17.9 Å². The number of carbonyl (C=O) groups excluding carboxylic acids is 3. The fraction of sp³-hybridized carbons (Fsp3) is 0.222. The summed E-state index contributed by atoms with van der Waals surface area (Å²) < 4.78 is 49.4. The second-order valence-corrected chi connectivity index (χ2v) is 10.5. The molecule has 2 aliphatic rings. The number of rotatable bonds is 7. The van der Waals surface area contributed by atoms with E-state index in [0.717, 1.165) is 11.6 Å². The van der Waals surface area contributed by atoms with Crippen LogP contribution in [-0.4, -0.2) is 59.2 Å². The first-order valence-corrected chi connectivity index (χ1v) is 13.4. The largest absolute Gasteiger partial charge is 0.496 e. The van der Waals surface area contributed by atoms with E-state index in [1.165, 1.54) is 23.5 Å². The average molecular weight is 553 g/mol. The molecule has 0 saturated carbocycles. The summed E-state index contributed by atoms with van der Waals surface area (Å²) in [4.78, 5) is 37.4. The third-order valence-corrected chi connectivity index (χ3v) is 8.03. The van der Waals surface area contributed by atoms with Crippen LogP contribution in [0.4, 0.5) is 5.69 Å². The molecule has 2 heterocycles. The number of methoxy groups -OCH3 is 1. The maximum Gasteiger partial charge on any atom is 0.342 e. The first kappa shape index (κ1) is 26.0. The molecule has 1 unspecified atom stereocenters. The van der Waals surface area contributed by atoms with Crippen molar-refractivity contribution in [1.29, 1.82) is 0 Å². The van der Waals surface area contributed by atoms with E-state index in [4.69, 9.17) is 18.9 Å². The molecule has 0 bridgehead atoms. The Balaban J connectivity index is 1.24. The van der Waals surface area contributed by atoms with Crippen LogP contribution < -0.4 is 23.8 Å². The molecule has 11 nitrogen and oxygen atoms in total. The average Bonchev–Trinajstić information content (AvgIpc) is 3.40. The molecule has 0 aromatic heterocycles. The maximum absolute atomic E-state index is 13.4. The van der Waals surface area contributed by atoms with Crippen LogP contribution in [0.15, 0.2) is 71.6 Å². The third-order valence-electron chi connectivity index (χ3n) is 6.22. The number of para-hydroxylation sites is 3. The summed E-state index contributed by atoms with van der Waals surface area (Å²) in [5.41, 5.74) is 1.30. The number of hydrogen-bond acceptors (Lipinski definition) is 9. The van der Waals surface area contributed by atoms with Crippen LogP contribution in [0.5, 0.6) is 17.2 Å². The zero-order valence-electron chi connectivity index (χ0n) is 20.8. The lowest BCUT2D eigenvalue weighted by Crippen LogP contribution is -2.47. The van der Waals surface area contributed by atoms with Gasteiger partial charge in [-0.25, -0.2) is 13.2 Å². The molecule has 202 valence electrons. The molecule has 1 atom stereocenters. The van der Waals surface area contributed by atoms with Crippen molar-refractivity contribution in [2.24, 2.45) is 0 Å². The third kappa shape index (κ3) is 5.23. The monoisotopic (exact) mass is 552 g/mol. The van der Waals surface area contributed by atoms with Crippen LogP contribution in [0.3, 0.4) is 0 Å². The molecule has 3 aromatic rings. The van der Waals surface area contributed by atoms with Gasteiger partial charge in [0.25, 0.3) is 21.8 Å². The number of benzene rings is 3. The highest BCUT2D eigenvalue weighted by Gasteiger charge is 2.32. The molecule has 2 amide bonds. The van der Waals surface area contributed by atoms with Crippen molar-refractivity contribution in [1.82, 2.24) is 5.32 Å². The Kier molecular flexibility index (Phi) is 7.11. The normalized spacial score (nSPS) is 15.7. The standard InChI is InChI=1S/C27H24N2O9S/c1-35-21-11-10-18(39(33,34)29-13-12-17-6-2-3-7-20(17)29)14-19(21)27(32)37-16-25(30)28-26(31)24-15-36-22-8-4-5-9-23(22)38-24/h2-11,14,24H,12-13,15-16H2,1H3,(H,28,30,31). The number of amides is 2. The Morgan fingerprint density at radius 3 is 2.56 bits per heavy atom. The lowest BCUT2D eigenvalue weighted by Gasteiger charge is -2.25. The minimum absolute atomic E-state index is 0.0590. The number of esters is 1. The fourth-order valence-corrected chi connectivity index (χ4v) is 5.83. The zero-order valence-corrected chi connectivity index (χ0v) is 21.6. The van der Waals surface area contributed by atoms with Crippen LogP contribution in [0.25, 0.3) is 0 Å². The van der Waals surface area contributed by atoms with Gasteiger partial charge in [-0.3, -0.25) is 19.2 Å². The highest BCUT2D eigenvalue weighted by Crippen LogP contribution is 2.34. The van der Waals surface area contributed by atoms with Crippen molar-refractivity contribution in [2.45, 2.75) is 17.4 Å². The van der Waals surface area contributed by atoms with Crippen molar-refractivity contribution in [3.05, 3.63) is 77.9 Å². The zero-order chi connectivity index (χ0) is 27.6. The molecule has 3 aromatic carbocycles. The number of fused-ring (bicyclic) bond motifs is 2. The Hall–Kier alpha value is -4.58. The SMILES string of the molecule is COc1ccc(S(=O)(=O)N2CCc3ccccc32)cc1C(=O)OCC(=O)NC(=O)C1COc2ccccc2O1. The smallest absolute Gasteiger partial charge is 0.342 e. The van der Waals surface area contributed by atoms with E-state index in [-0.39, 0.29) is 29.4 Å². The Morgan fingerprint density at radius 2 is 1.77 bits per heavy atom. The predicted octanol–water partition coefficient (Wildman–Crippen LogP) is 2.09. The fourth-order valence-electron chi connectivity index (χ4n) is 4.30. The number of carbonyl (C=O) groups is 3. The summed E-state index contributed by atoms with van der Waals surface area (Å²) in [7, 11) is -2.68. The lowest BCUT2D eigenvalue weighted by atomic mass is 10.2. The lowest BCUT2D eigenvalue weighted by molar-refractivity contribution is -0.137. The summed E-state index contributed by atoms with van der Waals surface area (Å²) in [5.74, 6) is -1.76. The summed E-state index contributed by atoms with van der Waals surface area (Å²) >= 11 is 0. The van der Waals surface area contributed by atoms with E-state index in [2.05, 4.69) is 5.32 Å². The maximum atomic E-state index is 13.4. The van der Waals surface area contributed by atoms with Crippen LogP contribution in [0.1, 0.15) is 15.9 Å². The van der Waals surface area contributed by atoms with Gasteiger partial charge in [-0.05, 0) is 48.4 Å². The molecule has 0 aliphatic carbocycles. The van der Waals surface area contributed by atoms with Gasteiger partial charge in [-0.2, -0.15) is 0 Å². The summed E-state index contributed by atoms with van der Waals surface area (Å²) in [6.07, 6.45) is -0.504. The number of hydrogen-bond donors (Lipinski definition) is 1. The van der Waals surface area contributed by atoms with Crippen molar-refractivity contribution in [3.63, 3.8) is 0 Å². The predicted molar refractivity (Wildman–Crippen MR) is 137 cm³/mol. The van der Waals surface area contributed by atoms with Crippen molar-refractivity contribution < 1.29 is 41.7 Å². The second kappa shape index (κ2) is 10.7. The first-order chi connectivity index (χ1) is 18.8. The van der Waals surface area contributed by atoms with Crippen LogP contribution in [-0.2, 0) is 30.8 Å². The number of nitrogens with zero attached hydrogens (tertiary/aromatic N) is 1. The van der Waals surface area contributed by atoms with E-state index in [1.807, 2.05) is 12.1 Å². The minimum Gasteiger partial charge on any atom is -0.496 e. The van der Waals surface area contributed by atoms with Gasteiger partial charge >= 0.3 is 5.97 Å². The Labute approximate surface area is 224 Å².